The molecule has 1 aliphatic rings. The van der Waals surface area contributed by atoms with Crippen molar-refractivity contribution in [3.8, 4) is 0 Å². The summed E-state index contributed by atoms with van der Waals surface area (Å²) in [6.07, 6.45) is 12.0. The summed E-state index contributed by atoms with van der Waals surface area (Å²) in [5, 5.41) is 12.2. The first-order valence-electron chi connectivity index (χ1n) is 14.5. The third kappa shape index (κ3) is 6.66. The van der Waals surface area contributed by atoms with Gasteiger partial charge in [-0.2, -0.15) is 4.57 Å². The maximum atomic E-state index is 13.6. The van der Waals surface area contributed by atoms with Crippen LogP contribution in [-0.2, 0) is 16.1 Å². The summed E-state index contributed by atoms with van der Waals surface area (Å²) in [5.41, 5.74) is 7.49. The first-order valence-corrected chi connectivity index (χ1v) is 14.5. The molecule has 1 amide bonds. The fourth-order valence-corrected chi connectivity index (χ4v) is 5.35. The first-order chi connectivity index (χ1) is 20.5. The summed E-state index contributed by atoms with van der Waals surface area (Å²) in [5.74, 6) is -1.17. The lowest BCUT2D eigenvalue weighted by molar-refractivity contribution is -0.685. The zero-order chi connectivity index (χ0) is 29.3. The Morgan fingerprint density at radius 1 is 0.810 bits per heavy atom. The lowest BCUT2D eigenvalue weighted by atomic mass is 9.89. The topological polar surface area (TPSA) is 73.5 Å². The molecule has 0 spiro atoms. The molecule has 212 valence electrons. The van der Waals surface area contributed by atoms with Crippen LogP contribution >= 0.6 is 0 Å². The van der Waals surface area contributed by atoms with Gasteiger partial charge in [0.15, 0.2) is 12.4 Å². The number of carbonyl (C=O) groups excluding carboxylic acids is 1. The van der Waals surface area contributed by atoms with E-state index in [1.54, 1.807) is 29.1 Å². The molecule has 0 radical (unpaired) electrons. The number of hydrogen-bond donors (Lipinski definition) is 2. The SMILES string of the molecule is CCCCCCN1c2ccccc2C(=C/C=C(/C(=O)Nc2ccccc2)c2cc[n+](CC(=O)O)cc2)c2ccccc21. The van der Waals surface area contributed by atoms with E-state index in [1.165, 1.54) is 19.3 Å². The Labute approximate surface area is 247 Å². The van der Waals surface area contributed by atoms with E-state index in [-0.39, 0.29) is 12.5 Å². The third-order valence-electron chi connectivity index (χ3n) is 7.42. The number of nitrogens with one attached hydrogen (secondary N) is 1. The second-order valence-corrected chi connectivity index (χ2v) is 10.4. The van der Waals surface area contributed by atoms with Crippen LogP contribution in [0.25, 0.3) is 11.1 Å². The number of para-hydroxylation sites is 3. The Morgan fingerprint density at radius 3 is 2.05 bits per heavy atom. The summed E-state index contributed by atoms with van der Waals surface area (Å²) >= 11 is 0. The van der Waals surface area contributed by atoms with Crippen LogP contribution in [0, 0.1) is 0 Å². The van der Waals surface area contributed by atoms with Gasteiger partial charge in [-0.25, -0.2) is 4.79 Å². The van der Waals surface area contributed by atoms with Gasteiger partial charge in [0.05, 0.1) is 0 Å². The Hall–Kier alpha value is -4.97. The lowest BCUT2D eigenvalue weighted by Crippen LogP contribution is -2.37. The zero-order valence-electron chi connectivity index (χ0n) is 23.9. The summed E-state index contributed by atoms with van der Waals surface area (Å²) in [6.45, 7) is 3.03. The number of allylic oxidation sites excluding steroid dienone is 2. The smallest absolute Gasteiger partial charge is 0.370 e. The predicted molar refractivity (Wildman–Crippen MR) is 168 cm³/mol. The molecule has 6 nitrogen and oxygen atoms in total. The van der Waals surface area contributed by atoms with Gasteiger partial charge in [0.1, 0.15) is 0 Å². The molecule has 4 aromatic rings. The number of carboxylic acids is 1. The Morgan fingerprint density at radius 2 is 1.43 bits per heavy atom. The van der Waals surface area contributed by atoms with E-state index in [0.717, 1.165) is 41.0 Å². The molecule has 42 heavy (non-hydrogen) atoms. The number of fused-ring (bicyclic) bond motifs is 2. The number of unbranched alkanes of at least 4 members (excludes halogenated alkanes) is 3. The minimum absolute atomic E-state index is 0.151. The highest BCUT2D eigenvalue weighted by atomic mass is 16.4. The van der Waals surface area contributed by atoms with E-state index < -0.39 is 5.97 Å². The highest BCUT2D eigenvalue weighted by Crippen LogP contribution is 2.45. The number of nitrogens with zero attached hydrogens (tertiary/aromatic N) is 2. The van der Waals surface area contributed by atoms with E-state index >= 15 is 0 Å². The Kier molecular flexibility index (Phi) is 9.24. The third-order valence-corrected chi connectivity index (χ3v) is 7.42. The normalized spacial score (nSPS) is 12.4. The van der Waals surface area contributed by atoms with Crippen LogP contribution in [0.4, 0.5) is 17.1 Å². The van der Waals surface area contributed by atoms with Crippen LogP contribution < -0.4 is 14.8 Å². The van der Waals surface area contributed by atoms with Crippen molar-refractivity contribution in [1.29, 1.82) is 0 Å². The molecule has 0 saturated heterocycles. The van der Waals surface area contributed by atoms with Gasteiger partial charge in [0, 0.05) is 52.4 Å². The first kappa shape index (κ1) is 28.6. The number of rotatable bonds is 11. The number of pyridine rings is 1. The van der Waals surface area contributed by atoms with Gasteiger partial charge in [-0.15, -0.1) is 0 Å². The molecule has 0 atom stereocenters. The van der Waals surface area contributed by atoms with Crippen molar-refractivity contribution in [1.82, 2.24) is 0 Å². The summed E-state index contributed by atoms with van der Waals surface area (Å²) in [6, 6.07) is 29.8. The van der Waals surface area contributed by atoms with E-state index in [1.807, 2.05) is 42.5 Å². The summed E-state index contributed by atoms with van der Waals surface area (Å²) < 4.78 is 1.57. The summed E-state index contributed by atoms with van der Waals surface area (Å²) in [7, 11) is 0. The van der Waals surface area contributed by atoms with Gasteiger partial charge in [-0.3, -0.25) is 4.79 Å². The van der Waals surface area contributed by atoms with Gasteiger partial charge in [0.25, 0.3) is 5.91 Å². The molecule has 0 saturated carbocycles. The van der Waals surface area contributed by atoms with Crippen molar-refractivity contribution in [2.75, 3.05) is 16.8 Å². The Bertz CT molecular complexity index is 1560. The highest BCUT2D eigenvalue weighted by Gasteiger charge is 2.25. The van der Waals surface area contributed by atoms with Crippen molar-refractivity contribution in [2.24, 2.45) is 0 Å². The number of aliphatic carboxylic acids is 1. The number of carboxylic acid groups (broad SMARTS) is 1. The maximum absolute atomic E-state index is 13.6. The van der Waals surface area contributed by atoms with Gasteiger partial charge in [-0.05, 0) is 47.9 Å². The van der Waals surface area contributed by atoms with Crippen molar-refractivity contribution in [2.45, 2.75) is 39.2 Å². The lowest BCUT2D eigenvalue weighted by Gasteiger charge is -2.34. The van der Waals surface area contributed by atoms with Crippen LogP contribution in [0.1, 0.15) is 49.3 Å². The molecule has 3 aromatic carbocycles. The minimum Gasteiger partial charge on any atom is -0.477 e. The number of hydrogen-bond acceptors (Lipinski definition) is 3. The molecule has 2 heterocycles. The molecule has 1 aliphatic heterocycles. The number of aromatic nitrogens is 1. The maximum Gasteiger partial charge on any atom is 0.370 e. The molecule has 6 heteroatoms. The van der Waals surface area contributed by atoms with Crippen LogP contribution in [0.15, 0.2) is 116 Å². The van der Waals surface area contributed by atoms with Crippen molar-refractivity contribution in [3.05, 3.63) is 132 Å². The molecule has 0 aliphatic carbocycles. The average Bonchev–Trinajstić information content (AvgIpc) is 3.01. The van der Waals surface area contributed by atoms with Gasteiger partial charge in [0.2, 0.25) is 6.54 Å². The van der Waals surface area contributed by atoms with E-state index in [9.17, 15) is 9.59 Å². The molecular weight excluding hydrogens is 522 g/mol. The average molecular weight is 559 g/mol. The fraction of sp³-hybridized carbons (Fsp3) is 0.194. The molecule has 1 aromatic heterocycles. The highest BCUT2D eigenvalue weighted by molar-refractivity contribution is 6.25. The van der Waals surface area contributed by atoms with Crippen LogP contribution in [-0.4, -0.2) is 23.5 Å². The second kappa shape index (κ2) is 13.6. The van der Waals surface area contributed by atoms with Crippen LogP contribution in [0.2, 0.25) is 0 Å². The molecule has 5 rings (SSSR count). The van der Waals surface area contributed by atoms with Gasteiger partial charge in [-0.1, -0.05) is 86.9 Å². The summed E-state index contributed by atoms with van der Waals surface area (Å²) in [4.78, 5) is 27.2. The van der Waals surface area contributed by atoms with E-state index in [4.69, 9.17) is 5.11 Å². The Balaban J connectivity index is 1.57. The van der Waals surface area contributed by atoms with Crippen LogP contribution in [0.5, 0.6) is 0 Å². The number of carbonyl (C=O) groups is 2. The second-order valence-electron chi connectivity index (χ2n) is 10.4. The van der Waals surface area contributed by atoms with Crippen LogP contribution in [0.3, 0.4) is 0 Å². The van der Waals surface area contributed by atoms with E-state index in [2.05, 4.69) is 65.7 Å². The van der Waals surface area contributed by atoms with Gasteiger partial charge < -0.3 is 15.3 Å². The number of benzene rings is 3. The molecule has 2 N–H and O–H groups in total. The quantitative estimate of drug-likeness (QED) is 0.116. The van der Waals surface area contributed by atoms with Crippen molar-refractivity contribution >= 4 is 40.1 Å². The van der Waals surface area contributed by atoms with Crippen molar-refractivity contribution in [3.63, 3.8) is 0 Å². The minimum atomic E-state index is -0.927. The molecular formula is C36H36N3O3+. The standard InChI is InChI=1S/C36H35N3O3/c1-2-3-4-12-23-39-33-17-10-8-15-31(33)30(32-16-9-11-18-34(32)39)20-19-29(36(42)37-28-13-6-5-7-14-28)27-21-24-38(25-22-27)26-35(40)41/h5-11,13-22,24-25H,2-4,12,23,26H2,1H3,(H-,37,40,41,42)/p+1. The molecule has 0 fully saturated rings. The fourth-order valence-electron chi connectivity index (χ4n) is 5.35. The van der Waals surface area contributed by atoms with Gasteiger partial charge >= 0.3 is 5.97 Å². The molecule has 0 unspecified atom stereocenters. The number of amides is 1. The zero-order valence-corrected chi connectivity index (χ0v) is 23.9. The largest absolute Gasteiger partial charge is 0.477 e. The monoisotopic (exact) mass is 558 g/mol. The predicted octanol–water partition coefficient (Wildman–Crippen LogP) is 7.24. The molecule has 0 bridgehead atoms. The van der Waals surface area contributed by atoms with Crippen molar-refractivity contribution < 1.29 is 19.3 Å². The van der Waals surface area contributed by atoms with E-state index in [0.29, 0.717) is 16.8 Å². The number of anilines is 3.